The molecule has 3 heterocycles. The van der Waals surface area contributed by atoms with Crippen molar-refractivity contribution < 1.29 is 55.3 Å². The van der Waals surface area contributed by atoms with Crippen LogP contribution >= 0.6 is 0 Å². The van der Waals surface area contributed by atoms with Gasteiger partial charge in [0.25, 0.3) is 5.91 Å². The second-order valence-corrected chi connectivity index (χ2v) is 19.3. The Morgan fingerprint density at radius 2 is 1.83 bits per heavy atom. The maximum atomic E-state index is 15.0. The molecule has 0 spiro atoms. The number of hydrogen-bond donors (Lipinski definition) is 3. The van der Waals surface area contributed by atoms with Crippen LogP contribution in [-0.4, -0.2) is 121 Å². The fourth-order valence-electron chi connectivity index (χ4n) is 8.25. The number of aromatic nitrogens is 1. The van der Waals surface area contributed by atoms with E-state index in [0.29, 0.717) is 54.9 Å². The molecular weight excluding hydrogens is 798 g/mol. The number of anilines is 1. The molecule has 1 aromatic heterocycles. The molecule has 4 aliphatic rings. The van der Waals surface area contributed by atoms with Crippen molar-refractivity contribution in [2.24, 2.45) is 17.8 Å². The van der Waals surface area contributed by atoms with Crippen LogP contribution in [-0.2, 0) is 24.4 Å². The number of carbonyl (C=O) groups is 4. The first-order valence-corrected chi connectivity index (χ1v) is 21.3. The smallest absolute Gasteiger partial charge is 0.408 e. The van der Waals surface area contributed by atoms with Gasteiger partial charge in [0, 0.05) is 31.8 Å². The number of nitrogens with one attached hydrogen (secondary N) is 2. The number of carboxylic acid groups (broad SMARTS) is 1. The van der Waals surface area contributed by atoms with E-state index in [1.165, 1.54) is 21.0 Å². The minimum atomic E-state index is -5.04. The molecular formula is C40H53F3N6O9S. The summed E-state index contributed by atoms with van der Waals surface area (Å²) >= 11 is 0. The number of halogens is 3. The fourth-order valence-corrected chi connectivity index (χ4v) is 9.56. The largest absolute Gasteiger partial charge is 0.497 e. The normalized spacial score (nSPS) is 29.4. The lowest BCUT2D eigenvalue weighted by molar-refractivity contribution is -0.184. The number of pyridine rings is 1. The monoisotopic (exact) mass is 850 g/mol. The lowest BCUT2D eigenvalue weighted by Crippen LogP contribution is -2.62. The highest BCUT2D eigenvalue weighted by atomic mass is 32.2. The number of carbonyl (C=O) groups excluding carboxylic acids is 3. The van der Waals surface area contributed by atoms with Crippen molar-refractivity contribution in [2.75, 3.05) is 32.6 Å². The molecule has 59 heavy (non-hydrogen) atoms. The number of fused-ring (bicyclic) bond motifs is 3. The van der Waals surface area contributed by atoms with Crippen LogP contribution in [0.15, 0.2) is 36.4 Å². The standard InChI is InChI=1S/C40H53F3N6O9S/c1-22-10-8-9-11-26-20-39(26,36(52)46-59(55,56)38(4)14-15-38)45-33(50)30-19-28(58-34-29-13-12-27(57-7)17-25(29)18-31(44-34)47(5)6)21-48(30)35(51)32(23(2)16-22)49(37(53)54)24(3)40(41,42)43/h9,11-13,17-18,22-24,26,28,30,32H,8,10,14-16,19-21H2,1-7H3,(H,45,50)(H,46,52)(H,53,54)/b11-9-/t22-,23-,24-,26-,28-,30+,32+,39-/m1/s1. The summed E-state index contributed by atoms with van der Waals surface area (Å²) in [5, 5.41) is 14.3. The summed E-state index contributed by atoms with van der Waals surface area (Å²) in [7, 11) is 0.941. The molecule has 1 aromatic carbocycles. The molecule has 6 rings (SSSR count). The van der Waals surface area contributed by atoms with E-state index in [1.807, 2.05) is 19.1 Å². The topological polar surface area (TPSA) is 188 Å². The third kappa shape index (κ3) is 8.75. The van der Waals surface area contributed by atoms with Crippen LogP contribution < -0.4 is 24.4 Å². The molecule has 1 saturated heterocycles. The Balaban J connectivity index is 1.43. The van der Waals surface area contributed by atoms with Crippen molar-refractivity contribution in [1.29, 1.82) is 0 Å². The molecule has 2 aromatic rings. The summed E-state index contributed by atoms with van der Waals surface area (Å²) in [6, 6.07) is 1.07. The number of hydrogen-bond acceptors (Lipinski definition) is 10. The van der Waals surface area contributed by atoms with Crippen molar-refractivity contribution in [3.63, 3.8) is 0 Å². The van der Waals surface area contributed by atoms with Crippen molar-refractivity contribution in [3.8, 4) is 11.6 Å². The average Bonchev–Trinajstić information content (AvgIpc) is 4.03. The number of rotatable bonds is 9. The average molecular weight is 851 g/mol. The third-order valence-corrected chi connectivity index (χ3v) is 14.5. The number of sulfonamides is 1. The Hall–Kier alpha value is -4.81. The summed E-state index contributed by atoms with van der Waals surface area (Å²) in [5.41, 5.74) is -1.72. The van der Waals surface area contributed by atoms with Gasteiger partial charge in [0.2, 0.25) is 27.7 Å². The number of alkyl halides is 3. The number of nitrogens with zero attached hydrogens (tertiary/aromatic N) is 4. The minimum Gasteiger partial charge on any atom is -0.497 e. The van der Waals surface area contributed by atoms with Crippen LogP contribution in [0.2, 0.25) is 0 Å². The van der Waals surface area contributed by atoms with Gasteiger partial charge in [0.05, 0.1) is 18.4 Å². The van der Waals surface area contributed by atoms with Crippen LogP contribution in [0.25, 0.3) is 10.8 Å². The Bertz CT molecular complexity index is 2130. The van der Waals surface area contributed by atoms with E-state index >= 15 is 0 Å². The van der Waals surface area contributed by atoms with Gasteiger partial charge in [-0.1, -0.05) is 26.0 Å². The molecule has 2 aliphatic heterocycles. The molecule has 8 atom stereocenters. The number of benzene rings is 1. The van der Waals surface area contributed by atoms with Crippen LogP contribution in [0.4, 0.5) is 23.8 Å². The summed E-state index contributed by atoms with van der Waals surface area (Å²) < 4.78 is 82.5. The number of ether oxygens (including phenoxy) is 2. The number of amides is 4. The lowest BCUT2D eigenvalue weighted by Gasteiger charge is -2.40. The van der Waals surface area contributed by atoms with E-state index in [1.54, 1.807) is 43.3 Å². The zero-order valence-corrected chi connectivity index (χ0v) is 35.0. The molecule has 324 valence electrons. The van der Waals surface area contributed by atoms with Crippen LogP contribution in [0.3, 0.4) is 0 Å². The molecule has 3 fully saturated rings. The second-order valence-electron chi connectivity index (χ2n) is 17.1. The summed E-state index contributed by atoms with van der Waals surface area (Å²) in [5.74, 6) is -3.39. The van der Waals surface area contributed by atoms with Gasteiger partial charge in [-0.25, -0.2) is 13.2 Å². The zero-order valence-electron chi connectivity index (χ0n) is 34.2. The van der Waals surface area contributed by atoms with E-state index in [-0.39, 0.29) is 42.5 Å². The predicted molar refractivity (Wildman–Crippen MR) is 211 cm³/mol. The van der Waals surface area contributed by atoms with Gasteiger partial charge in [0.15, 0.2) is 0 Å². The third-order valence-electron chi connectivity index (χ3n) is 12.3. The van der Waals surface area contributed by atoms with Gasteiger partial charge >= 0.3 is 12.3 Å². The van der Waals surface area contributed by atoms with E-state index in [9.17, 15) is 45.9 Å². The highest BCUT2D eigenvalue weighted by Crippen LogP contribution is 2.48. The molecule has 0 bridgehead atoms. The van der Waals surface area contributed by atoms with Gasteiger partial charge in [-0.05, 0) is 93.9 Å². The second kappa shape index (κ2) is 16.0. The van der Waals surface area contributed by atoms with Crippen LogP contribution in [0.1, 0.15) is 72.6 Å². The molecule has 0 radical (unpaired) electrons. The van der Waals surface area contributed by atoms with Crippen molar-refractivity contribution in [1.82, 2.24) is 24.8 Å². The molecule has 0 unspecified atom stereocenters. The summed E-state index contributed by atoms with van der Waals surface area (Å²) in [6.07, 6.45) is -2.76. The Morgan fingerprint density at radius 3 is 2.44 bits per heavy atom. The van der Waals surface area contributed by atoms with E-state index in [4.69, 9.17) is 9.47 Å². The Kier molecular flexibility index (Phi) is 11.9. The van der Waals surface area contributed by atoms with E-state index < -0.39 is 86.4 Å². The van der Waals surface area contributed by atoms with Crippen molar-refractivity contribution in [2.45, 2.75) is 113 Å². The highest BCUT2D eigenvalue weighted by Gasteiger charge is 2.63. The fraction of sp³-hybridized carbons (Fsp3) is 0.625. The van der Waals surface area contributed by atoms with Crippen molar-refractivity contribution in [3.05, 3.63) is 36.4 Å². The number of methoxy groups -OCH3 is 1. The molecule has 3 N–H and O–H groups in total. The first kappa shape index (κ1) is 43.8. The van der Waals surface area contributed by atoms with E-state index in [2.05, 4.69) is 15.0 Å². The molecule has 19 heteroatoms. The SMILES string of the molecule is COc1ccc2c(O[C@@H]3C[C@H]4C(=O)N[C@]5(C(=O)NS(=O)(=O)C6(C)CC6)C[C@H]5/C=C\CC[C@@H](C)C[C@@H](C)[C@H](N(C(=O)O)[C@H](C)C(F)(F)F)C(=O)N4C3)nc(N(C)C)cc2c1. The molecule has 15 nitrogen and oxygen atoms in total. The van der Waals surface area contributed by atoms with Gasteiger partial charge in [-0.3, -0.25) is 24.0 Å². The maximum Gasteiger partial charge on any atom is 0.408 e. The first-order valence-electron chi connectivity index (χ1n) is 19.8. The summed E-state index contributed by atoms with van der Waals surface area (Å²) in [6.45, 7) is 5.21. The predicted octanol–water partition coefficient (Wildman–Crippen LogP) is 4.84. The quantitative estimate of drug-likeness (QED) is 0.293. The summed E-state index contributed by atoms with van der Waals surface area (Å²) in [4.78, 5) is 63.9. The molecule has 2 aliphatic carbocycles. The Morgan fingerprint density at radius 1 is 1.14 bits per heavy atom. The van der Waals surface area contributed by atoms with Crippen LogP contribution in [0.5, 0.6) is 11.6 Å². The zero-order chi connectivity index (χ0) is 43.4. The number of allylic oxidation sites excluding steroid dienone is 1. The van der Waals surface area contributed by atoms with Crippen LogP contribution in [0, 0.1) is 17.8 Å². The molecule has 2 saturated carbocycles. The van der Waals surface area contributed by atoms with Gasteiger partial charge < -0.3 is 29.7 Å². The Labute approximate surface area is 341 Å². The maximum absolute atomic E-state index is 15.0. The van der Waals surface area contributed by atoms with E-state index in [0.717, 1.165) is 4.90 Å². The lowest BCUT2D eigenvalue weighted by atomic mass is 9.86. The van der Waals surface area contributed by atoms with Crippen molar-refractivity contribution >= 4 is 50.4 Å². The molecule has 4 amide bonds. The minimum absolute atomic E-state index is 0.0513. The van der Waals surface area contributed by atoms with Gasteiger partial charge in [-0.15, -0.1) is 0 Å². The van der Waals surface area contributed by atoms with Gasteiger partial charge in [-0.2, -0.15) is 18.2 Å². The highest BCUT2D eigenvalue weighted by molar-refractivity contribution is 7.91. The first-order chi connectivity index (χ1) is 27.5. The van der Waals surface area contributed by atoms with Gasteiger partial charge in [0.1, 0.15) is 41.3 Å².